The summed E-state index contributed by atoms with van der Waals surface area (Å²) < 4.78 is 10.7. The first-order valence-corrected chi connectivity index (χ1v) is 7.23. The van der Waals surface area contributed by atoms with Gasteiger partial charge in [-0.15, -0.1) is 0 Å². The van der Waals surface area contributed by atoms with E-state index >= 15 is 0 Å². The van der Waals surface area contributed by atoms with Crippen LogP contribution in [0.3, 0.4) is 0 Å². The molecular formula is C16H27NO4. The fraction of sp³-hybridized carbons (Fsp3) is 0.750. The maximum Gasteiger partial charge on any atom is 0.410 e. The number of nitrogens with zero attached hydrogens (tertiary/aromatic N) is 1. The minimum atomic E-state index is -0.549. The molecule has 21 heavy (non-hydrogen) atoms. The highest BCUT2D eigenvalue weighted by Gasteiger charge is 2.35. The third-order valence-corrected chi connectivity index (χ3v) is 3.01. The summed E-state index contributed by atoms with van der Waals surface area (Å²) in [5.74, 6) is -0.274. The van der Waals surface area contributed by atoms with E-state index in [1.807, 2.05) is 20.8 Å². The van der Waals surface area contributed by atoms with Crippen molar-refractivity contribution in [3.05, 3.63) is 12.2 Å². The predicted octanol–water partition coefficient (Wildman–Crippen LogP) is 3.14. The quantitative estimate of drug-likeness (QED) is 0.580. The van der Waals surface area contributed by atoms with Gasteiger partial charge in [0, 0.05) is 6.54 Å². The molecule has 1 amide bonds. The van der Waals surface area contributed by atoms with Crippen molar-refractivity contribution in [3.63, 3.8) is 0 Å². The van der Waals surface area contributed by atoms with Gasteiger partial charge in [0.2, 0.25) is 0 Å². The fourth-order valence-corrected chi connectivity index (χ4v) is 1.95. The number of hydrogen-bond donors (Lipinski definition) is 0. The molecule has 1 heterocycles. The molecule has 1 atom stereocenters. The monoisotopic (exact) mass is 297 g/mol. The van der Waals surface area contributed by atoms with Crippen LogP contribution < -0.4 is 0 Å². The SMILES string of the molecule is C=C1C[C@@H](COC(=O)C(C)(C)C)N(C(=O)OC(C)(C)C)C1. The van der Waals surface area contributed by atoms with Crippen LogP contribution in [0.25, 0.3) is 0 Å². The number of hydrogen-bond acceptors (Lipinski definition) is 4. The van der Waals surface area contributed by atoms with Gasteiger partial charge in [-0.25, -0.2) is 4.79 Å². The van der Waals surface area contributed by atoms with Crippen LogP contribution >= 0.6 is 0 Å². The van der Waals surface area contributed by atoms with Gasteiger partial charge in [-0.3, -0.25) is 9.69 Å². The Morgan fingerprint density at radius 3 is 2.29 bits per heavy atom. The van der Waals surface area contributed by atoms with Gasteiger partial charge < -0.3 is 9.47 Å². The van der Waals surface area contributed by atoms with Crippen molar-refractivity contribution >= 4 is 12.1 Å². The average molecular weight is 297 g/mol. The minimum absolute atomic E-state index is 0.175. The highest BCUT2D eigenvalue weighted by Crippen LogP contribution is 2.25. The molecule has 0 aliphatic carbocycles. The molecule has 0 spiro atoms. The first kappa shape index (κ1) is 17.5. The van der Waals surface area contributed by atoms with Crippen LogP contribution in [0.5, 0.6) is 0 Å². The van der Waals surface area contributed by atoms with Gasteiger partial charge in [0.15, 0.2) is 0 Å². The highest BCUT2D eigenvalue weighted by atomic mass is 16.6. The summed E-state index contributed by atoms with van der Waals surface area (Å²) in [4.78, 5) is 25.6. The van der Waals surface area contributed by atoms with Gasteiger partial charge >= 0.3 is 12.1 Å². The van der Waals surface area contributed by atoms with E-state index < -0.39 is 17.1 Å². The zero-order valence-electron chi connectivity index (χ0n) is 14.0. The Kier molecular flexibility index (Phi) is 5.07. The van der Waals surface area contributed by atoms with Crippen molar-refractivity contribution in [2.45, 2.75) is 59.6 Å². The zero-order chi connectivity index (χ0) is 16.4. The second-order valence-electron chi connectivity index (χ2n) is 7.56. The van der Waals surface area contributed by atoms with E-state index in [0.717, 1.165) is 5.57 Å². The van der Waals surface area contributed by atoms with Crippen LogP contribution in [0.15, 0.2) is 12.2 Å². The lowest BCUT2D eigenvalue weighted by Gasteiger charge is -2.28. The van der Waals surface area contributed by atoms with Crippen LogP contribution in [0.1, 0.15) is 48.0 Å². The Morgan fingerprint density at radius 1 is 1.24 bits per heavy atom. The minimum Gasteiger partial charge on any atom is -0.463 e. The molecule has 1 rings (SSSR count). The van der Waals surface area contributed by atoms with Gasteiger partial charge in [0.05, 0.1) is 11.5 Å². The fourth-order valence-electron chi connectivity index (χ4n) is 1.95. The number of rotatable bonds is 2. The first-order valence-electron chi connectivity index (χ1n) is 7.23. The topological polar surface area (TPSA) is 55.8 Å². The molecule has 0 unspecified atom stereocenters. The van der Waals surface area contributed by atoms with E-state index in [2.05, 4.69) is 6.58 Å². The number of ether oxygens (including phenoxy) is 2. The molecule has 0 saturated carbocycles. The van der Waals surface area contributed by atoms with E-state index in [0.29, 0.717) is 13.0 Å². The summed E-state index contributed by atoms with van der Waals surface area (Å²) in [5, 5.41) is 0. The Morgan fingerprint density at radius 2 is 1.81 bits per heavy atom. The summed E-state index contributed by atoms with van der Waals surface area (Å²) in [6.45, 7) is 15.4. The van der Waals surface area contributed by atoms with E-state index in [-0.39, 0.29) is 18.6 Å². The van der Waals surface area contributed by atoms with Crippen LogP contribution in [0.2, 0.25) is 0 Å². The predicted molar refractivity (Wildman–Crippen MR) is 80.9 cm³/mol. The molecule has 0 aromatic rings. The lowest BCUT2D eigenvalue weighted by molar-refractivity contribution is -0.154. The molecule has 0 radical (unpaired) electrons. The summed E-state index contributed by atoms with van der Waals surface area (Å²) in [6, 6.07) is -0.196. The Balaban J connectivity index is 2.65. The van der Waals surface area contributed by atoms with Crippen molar-refractivity contribution in [2.24, 2.45) is 5.41 Å². The molecule has 0 aromatic heterocycles. The Labute approximate surface area is 127 Å². The molecule has 120 valence electrons. The van der Waals surface area contributed by atoms with E-state index in [1.165, 1.54) is 0 Å². The molecule has 0 aromatic carbocycles. The summed E-state index contributed by atoms with van der Waals surface area (Å²) in [7, 11) is 0. The van der Waals surface area contributed by atoms with Gasteiger partial charge in [-0.2, -0.15) is 0 Å². The van der Waals surface area contributed by atoms with E-state index in [4.69, 9.17) is 9.47 Å². The number of likely N-dealkylation sites (tertiary alicyclic amines) is 1. The molecule has 0 N–H and O–H groups in total. The van der Waals surface area contributed by atoms with Gasteiger partial charge in [-0.1, -0.05) is 12.2 Å². The maximum absolute atomic E-state index is 12.2. The van der Waals surface area contributed by atoms with E-state index in [9.17, 15) is 9.59 Å². The van der Waals surface area contributed by atoms with Gasteiger partial charge in [0.25, 0.3) is 0 Å². The largest absolute Gasteiger partial charge is 0.463 e. The number of esters is 1. The van der Waals surface area contributed by atoms with Crippen molar-refractivity contribution in [2.75, 3.05) is 13.2 Å². The standard InChI is InChI=1S/C16H27NO4/c1-11-8-12(10-20-13(18)15(2,3)4)17(9-11)14(19)21-16(5,6)7/h12H,1,8-10H2,2-7H3/t12-/m0/s1. The van der Waals surface area contributed by atoms with Crippen molar-refractivity contribution < 1.29 is 19.1 Å². The molecule has 0 bridgehead atoms. The molecule has 5 nitrogen and oxygen atoms in total. The average Bonchev–Trinajstić information content (AvgIpc) is 2.63. The van der Waals surface area contributed by atoms with Crippen LogP contribution in [-0.4, -0.2) is 41.8 Å². The second-order valence-corrected chi connectivity index (χ2v) is 7.56. The maximum atomic E-state index is 12.2. The number of carbonyl (C=O) groups is 2. The van der Waals surface area contributed by atoms with Gasteiger partial charge in [-0.05, 0) is 48.0 Å². The summed E-state index contributed by atoms with van der Waals surface area (Å²) in [6.07, 6.45) is 0.245. The third kappa shape index (κ3) is 5.40. The summed E-state index contributed by atoms with van der Waals surface area (Å²) >= 11 is 0. The van der Waals surface area contributed by atoms with Crippen LogP contribution in [0, 0.1) is 5.41 Å². The molecule has 1 fully saturated rings. The molecule has 1 aliphatic heterocycles. The molecular weight excluding hydrogens is 270 g/mol. The lowest BCUT2D eigenvalue weighted by atomic mass is 9.97. The lowest BCUT2D eigenvalue weighted by Crippen LogP contribution is -2.42. The Hall–Kier alpha value is -1.52. The number of amides is 1. The zero-order valence-corrected chi connectivity index (χ0v) is 14.0. The Bertz CT molecular complexity index is 429. The normalized spacial score (nSPS) is 19.6. The second kappa shape index (κ2) is 6.08. The first-order chi connectivity index (χ1) is 9.40. The van der Waals surface area contributed by atoms with Crippen LogP contribution in [0.4, 0.5) is 4.79 Å². The van der Waals surface area contributed by atoms with Crippen molar-refractivity contribution in [1.82, 2.24) is 4.90 Å². The summed E-state index contributed by atoms with van der Waals surface area (Å²) in [5.41, 5.74) is -0.155. The molecule has 1 saturated heterocycles. The van der Waals surface area contributed by atoms with Gasteiger partial charge in [0.1, 0.15) is 12.2 Å². The van der Waals surface area contributed by atoms with Crippen LogP contribution in [-0.2, 0) is 14.3 Å². The smallest absolute Gasteiger partial charge is 0.410 e. The highest BCUT2D eigenvalue weighted by molar-refractivity contribution is 5.75. The van der Waals surface area contributed by atoms with Crippen molar-refractivity contribution in [3.8, 4) is 0 Å². The molecule has 5 heteroatoms. The third-order valence-electron chi connectivity index (χ3n) is 3.01. The van der Waals surface area contributed by atoms with Crippen molar-refractivity contribution in [1.29, 1.82) is 0 Å². The molecule has 1 aliphatic rings. The van der Waals surface area contributed by atoms with E-state index in [1.54, 1.807) is 25.7 Å². The number of carbonyl (C=O) groups excluding carboxylic acids is 2.